The molecule has 0 atom stereocenters. The SMILES string of the molecule is COc1c(C)c(CCCCCCCCCC[PH](c2ccccc2)(c2ccccc2)c2ccccc2)c(OC)c(OC)c1OC. The van der Waals surface area contributed by atoms with Crippen LogP contribution in [0.3, 0.4) is 0 Å². The molecule has 0 aliphatic carbocycles. The van der Waals surface area contributed by atoms with Gasteiger partial charge in [0.1, 0.15) is 0 Å². The number of benzene rings is 4. The number of ether oxygens (including phenoxy) is 4. The first kappa shape index (κ1) is 33.4. The predicted octanol–water partition coefficient (Wildman–Crippen LogP) is 8.42. The number of unbranched alkanes of at least 4 members (excludes halogenated alkanes) is 7. The predicted molar refractivity (Wildman–Crippen MR) is 189 cm³/mol. The Morgan fingerprint density at radius 1 is 0.432 bits per heavy atom. The summed E-state index contributed by atoms with van der Waals surface area (Å²) in [5, 5.41) is 4.53. The first-order valence-electron chi connectivity index (χ1n) is 16.1. The van der Waals surface area contributed by atoms with Gasteiger partial charge in [-0.25, -0.2) is 0 Å². The molecule has 0 aliphatic heterocycles. The van der Waals surface area contributed by atoms with Crippen molar-refractivity contribution in [3.63, 3.8) is 0 Å². The number of hydrogen-bond acceptors (Lipinski definition) is 4. The molecule has 4 rings (SSSR count). The van der Waals surface area contributed by atoms with Crippen LogP contribution in [0.25, 0.3) is 0 Å². The van der Waals surface area contributed by atoms with Gasteiger partial charge in [-0.1, -0.05) is 0 Å². The zero-order valence-corrected chi connectivity index (χ0v) is 28.4. The molecule has 0 bridgehead atoms. The summed E-state index contributed by atoms with van der Waals surface area (Å²) in [6, 6.07) is 33.9. The van der Waals surface area contributed by atoms with E-state index in [0.29, 0.717) is 11.5 Å². The van der Waals surface area contributed by atoms with Gasteiger partial charge >= 0.3 is 195 Å². The van der Waals surface area contributed by atoms with Crippen molar-refractivity contribution < 1.29 is 18.9 Å². The Labute approximate surface area is 266 Å². The number of hydrogen-bond donors (Lipinski definition) is 0. The van der Waals surface area contributed by atoms with Crippen LogP contribution in [0.4, 0.5) is 0 Å². The third-order valence-corrected chi connectivity index (χ3v) is 14.1. The van der Waals surface area contributed by atoms with Gasteiger partial charge in [0, 0.05) is 0 Å². The van der Waals surface area contributed by atoms with E-state index in [9.17, 15) is 0 Å². The summed E-state index contributed by atoms with van der Waals surface area (Å²) in [6.07, 6.45) is 12.1. The van der Waals surface area contributed by atoms with Gasteiger partial charge in [0.25, 0.3) is 0 Å². The second-order valence-electron chi connectivity index (χ2n) is 11.6. The topological polar surface area (TPSA) is 36.9 Å². The van der Waals surface area contributed by atoms with Crippen LogP contribution in [-0.4, -0.2) is 34.6 Å². The Morgan fingerprint density at radius 2 is 0.795 bits per heavy atom. The zero-order valence-electron chi connectivity index (χ0n) is 27.4. The van der Waals surface area contributed by atoms with Crippen LogP contribution >= 0.6 is 7.26 Å². The molecule has 4 aromatic rings. The van der Waals surface area contributed by atoms with E-state index < -0.39 is 7.26 Å². The fourth-order valence-corrected chi connectivity index (χ4v) is 11.7. The Hall–Kier alpha value is -3.49. The molecule has 4 aromatic carbocycles. The van der Waals surface area contributed by atoms with Crippen molar-refractivity contribution in [3.05, 3.63) is 102 Å². The first-order valence-corrected chi connectivity index (χ1v) is 18.3. The van der Waals surface area contributed by atoms with Crippen molar-refractivity contribution in [2.45, 2.75) is 64.7 Å². The second-order valence-corrected chi connectivity index (χ2v) is 15.6. The van der Waals surface area contributed by atoms with E-state index in [0.717, 1.165) is 35.5 Å². The van der Waals surface area contributed by atoms with E-state index in [1.807, 2.05) is 0 Å². The summed E-state index contributed by atoms with van der Waals surface area (Å²) in [7, 11) is 4.53. The molecule has 5 heteroatoms. The molecule has 0 saturated heterocycles. The zero-order chi connectivity index (χ0) is 31.2. The minimum absolute atomic E-state index is 0.587. The molecule has 236 valence electrons. The van der Waals surface area contributed by atoms with Crippen molar-refractivity contribution in [1.82, 2.24) is 0 Å². The minimum atomic E-state index is -2.11. The molecular weight excluding hydrogens is 563 g/mol. The monoisotopic (exact) mass is 614 g/mol. The molecule has 0 fully saturated rings. The smallest absolute Gasteiger partial charge is 0.492 e. The second kappa shape index (κ2) is 17.1. The van der Waals surface area contributed by atoms with E-state index >= 15 is 0 Å². The summed E-state index contributed by atoms with van der Waals surface area (Å²) in [5.41, 5.74) is 2.20. The van der Waals surface area contributed by atoms with Gasteiger partial charge in [0.15, 0.2) is 5.75 Å². The van der Waals surface area contributed by atoms with Crippen molar-refractivity contribution >= 4 is 23.2 Å². The van der Waals surface area contributed by atoms with Crippen LogP contribution in [0.1, 0.15) is 62.5 Å². The number of methoxy groups -OCH3 is 4. The average molecular weight is 615 g/mol. The Bertz CT molecular complexity index is 1310. The maximum atomic E-state index is 5.77. The van der Waals surface area contributed by atoms with Crippen LogP contribution < -0.4 is 34.9 Å². The Morgan fingerprint density at radius 3 is 1.20 bits per heavy atom. The van der Waals surface area contributed by atoms with Crippen molar-refractivity contribution in [3.8, 4) is 23.0 Å². The molecule has 0 heterocycles. The molecule has 0 N–H and O–H groups in total. The summed E-state index contributed by atoms with van der Waals surface area (Å²) in [5.74, 6) is 2.67. The fraction of sp³-hybridized carbons (Fsp3) is 0.385. The van der Waals surface area contributed by atoms with E-state index in [2.05, 4.69) is 97.9 Å². The normalized spacial score (nSPS) is 11.7. The van der Waals surface area contributed by atoms with Crippen molar-refractivity contribution in [1.29, 1.82) is 0 Å². The molecule has 0 radical (unpaired) electrons. The quantitative estimate of drug-likeness (QED) is 0.0833. The van der Waals surface area contributed by atoms with Gasteiger partial charge in [-0.05, 0) is 6.92 Å². The van der Waals surface area contributed by atoms with Gasteiger partial charge in [-0.2, -0.15) is 0 Å². The van der Waals surface area contributed by atoms with E-state index in [1.54, 1.807) is 28.4 Å². The molecule has 0 aromatic heterocycles. The molecule has 0 amide bonds. The fourth-order valence-electron chi connectivity index (χ4n) is 6.81. The van der Waals surface area contributed by atoms with Crippen LogP contribution in [-0.2, 0) is 6.42 Å². The standard InChI is InChI=1S/C39H51O4P/c1-31-35(37(41-3)39(43-5)38(42-4)36(31)40-2)29-21-10-8-6-7-9-11-22-30-44(32-23-15-12-16-24-32,33-25-17-13-18-26-33)34-27-19-14-20-28-34/h12-20,23-28,44H,6-11,21-22,29-30H2,1-5H3. The minimum Gasteiger partial charge on any atom is -0.492 e. The molecule has 0 aliphatic rings. The Kier molecular flexibility index (Phi) is 13.0. The summed E-state index contributed by atoms with van der Waals surface area (Å²) in [4.78, 5) is 0. The molecule has 44 heavy (non-hydrogen) atoms. The van der Waals surface area contributed by atoms with Gasteiger partial charge in [0.05, 0.1) is 28.4 Å². The van der Waals surface area contributed by atoms with Gasteiger partial charge in [0.2, 0.25) is 11.5 Å². The van der Waals surface area contributed by atoms with Gasteiger partial charge in [-0.15, -0.1) is 0 Å². The van der Waals surface area contributed by atoms with E-state index in [-0.39, 0.29) is 0 Å². The summed E-state index contributed by atoms with van der Waals surface area (Å²) < 4.78 is 22.7. The summed E-state index contributed by atoms with van der Waals surface area (Å²) >= 11 is 0. The first-order chi connectivity index (χ1) is 21.6. The molecule has 0 unspecified atom stereocenters. The van der Waals surface area contributed by atoms with Gasteiger partial charge in [-0.3, -0.25) is 0 Å². The van der Waals surface area contributed by atoms with Crippen molar-refractivity contribution in [2.24, 2.45) is 0 Å². The maximum absolute atomic E-state index is 5.77. The molecule has 4 nitrogen and oxygen atoms in total. The Balaban J connectivity index is 1.30. The molecule has 0 spiro atoms. The van der Waals surface area contributed by atoms with Crippen LogP contribution in [0.15, 0.2) is 91.0 Å². The van der Waals surface area contributed by atoms with Crippen LogP contribution in [0.2, 0.25) is 0 Å². The average Bonchev–Trinajstić information content (AvgIpc) is 3.08. The molecule has 0 saturated carbocycles. The molecular formula is C39H51O4P. The van der Waals surface area contributed by atoms with E-state index in [4.69, 9.17) is 18.9 Å². The summed E-state index contributed by atoms with van der Waals surface area (Å²) in [6.45, 7) is 2.07. The third-order valence-electron chi connectivity index (χ3n) is 9.03. The third kappa shape index (κ3) is 7.59. The van der Waals surface area contributed by atoms with E-state index in [1.165, 1.54) is 67.0 Å². The van der Waals surface area contributed by atoms with Crippen LogP contribution in [0.5, 0.6) is 23.0 Å². The van der Waals surface area contributed by atoms with Crippen LogP contribution in [0, 0.1) is 6.92 Å². The van der Waals surface area contributed by atoms with Gasteiger partial charge < -0.3 is 18.9 Å². The van der Waals surface area contributed by atoms with Crippen molar-refractivity contribution in [2.75, 3.05) is 34.6 Å². The number of rotatable bonds is 18.